The zero-order valence-electron chi connectivity index (χ0n) is 10.7. The Morgan fingerprint density at radius 1 is 1.53 bits per heavy atom. The van der Waals surface area contributed by atoms with Crippen LogP contribution in [-0.4, -0.2) is 21.5 Å². The molecule has 19 heavy (non-hydrogen) atoms. The van der Waals surface area contributed by atoms with Gasteiger partial charge in [0.15, 0.2) is 5.13 Å². The van der Waals surface area contributed by atoms with Crippen molar-refractivity contribution in [1.82, 2.24) is 9.97 Å². The average molecular weight is 292 g/mol. The second kappa shape index (κ2) is 6.58. The van der Waals surface area contributed by atoms with E-state index in [1.807, 2.05) is 24.6 Å². The van der Waals surface area contributed by atoms with E-state index in [0.717, 1.165) is 29.5 Å². The van der Waals surface area contributed by atoms with Crippen LogP contribution in [0.1, 0.15) is 17.7 Å². The summed E-state index contributed by atoms with van der Waals surface area (Å²) in [6.07, 6.45) is 4.33. The minimum Gasteiger partial charge on any atom is -0.393 e. The fourth-order valence-electron chi connectivity index (χ4n) is 1.69. The smallest absolute Gasteiger partial charge is 0.185 e. The SMILES string of the molecule is Cc1csc(N(CCC(N)=S)Cc2cccnc2)n1. The topological polar surface area (TPSA) is 55.0 Å². The quantitative estimate of drug-likeness (QED) is 0.829. The van der Waals surface area contributed by atoms with Gasteiger partial charge >= 0.3 is 0 Å². The summed E-state index contributed by atoms with van der Waals surface area (Å²) in [4.78, 5) is 11.4. The molecule has 100 valence electrons. The van der Waals surface area contributed by atoms with Crippen LogP contribution in [0.25, 0.3) is 0 Å². The molecule has 2 aromatic rings. The van der Waals surface area contributed by atoms with E-state index in [-0.39, 0.29) is 0 Å². The van der Waals surface area contributed by atoms with Gasteiger partial charge in [-0.15, -0.1) is 11.3 Å². The fraction of sp³-hybridized carbons (Fsp3) is 0.308. The van der Waals surface area contributed by atoms with Crippen molar-refractivity contribution >= 4 is 33.7 Å². The van der Waals surface area contributed by atoms with Crippen molar-refractivity contribution in [3.05, 3.63) is 41.2 Å². The number of aromatic nitrogens is 2. The van der Waals surface area contributed by atoms with Crippen molar-refractivity contribution in [2.45, 2.75) is 19.9 Å². The predicted octanol–water partition coefficient (Wildman–Crippen LogP) is 2.53. The number of aryl methyl sites for hydroxylation is 1. The van der Waals surface area contributed by atoms with E-state index < -0.39 is 0 Å². The first-order chi connectivity index (χ1) is 9.15. The number of pyridine rings is 1. The second-order valence-electron chi connectivity index (χ2n) is 4.27. The molecule has 2 heterocycles. The summed E-state index contributed by atoms with van der Waals surface area (Å²) in [5.41, 5.74) is 7.78. The van der Waals surface area contributed by atoms with E-state index in [9.17, 15) is 0 Å². The number of rotatable bonds is 6. The summed E-state index contributed by atoms with van der Waals surface area (Å²) in [7, 11) is 0. The van der Waals surface area contributed by atoms with Crippen LogP contribution in [0.4, 0.5) is 5.13 Å². The average Bonchev–Trinajstić information content (AvgIpc) is 2.82. The van der Waals surface area contributed by atoms with Crippen molar-refractivity contribution in [3.8, 4) is 0 Å². The van der Waals surface area contributed by atoms with E-state index in [1.54, 1.807) is 17.5 Å². The maximum atomic E-state index is 5.59. The number of thiazole rings is 1. The highest BCUT2D eigenvalue weighted by Crippen LogP contribution is 2.22. The minimum absolute atomic E-state index is 0.532. The van der Waals surface area contributed by atoms with Gasteiger partial charge in [0.1, 0.15) is 0 Å². The molecule has 0 radical (unpaired) electrons. The Morgan fingerprint density at radius 2 is 2.37 bits per heavy atom. The van der Waals surface area contributed by atoms with Crippen LogP contribution in [0.5, 0.6) is 0 Å². The van der Waals surface area contributed by atoms with E-state index in [4.69, 9.17) is 18.0 Å². The van der Waals surface area contributed by atoms with Crippen LogP contribution in [0, 0.1) is 6.92 Å². The van der Waals surface area contributed by atoms with Gasteiger partial charge in [0, 0.05) is 37.3 Å². The molecule has 6 heteroatoms. The molecule has 0 saturated heterocycles. The Balaban J connectivity index is 2.12. The summed E-state index contributed by atoms with van der Waals surface area (Å²) in [6.45, 7) is 3.54. The Hall–Kier alpha value is -1.53. The van der Waals surface area contributed by atoms with Crippen molar-refractivity contribution in [2.75, 3.05) is 11.4 Å². The highest BCUT2D eigenvalue weighted by Gasteiger charge is 2.11. The van der Waals surface area contributed by atoms with E-state index in [0.29, 0.717) is 11.4 Å². The highest BCUT2D eigenvalue weighted by atomic mass is 32.1. The number of hydrogen-bond donors (Lipinski definition) is 1. The van der Waals surface area contributed by atoms with Crippen LogP contribution in [-0.2, 0) is 6.54 Å². The van der Waals surface area contributed by atoms with Crippen LogP contribution in [0.2, 0.25) is 0 Å². The van der Waals surface area contributed by atoms with Crippen LogP contribution in [0.15, 0.2) is 29.9 Å². The number of nitrogens with zero attached hydrogens (tertiary/aromatic N) is 3. The van der Waals surface area contributed by atoms with Gasteiger partial charge in [0.25, 0.3) is 0 Å². The van der Waals surface area contributed by atoms with Gasteiger partial charge < -0.3 is 10.6 Å². The normalized spacial score (nSPS) is 10.4. The molecule has 0 fully saturated rings. The Bertz CT molecular complexity index is 539. The Kier molecular flexibility index (Phi) is 4.81. The number of nitrogens with two attached hydrogens (primary N) is 1. The molecule has 0 spiro atoms. The number of hydrogen-bond acceptors (Lipinski definition) is 5. The van der Waals surface area contributed by atoms with E-state index in [1.165, 1.54) is 0 Å². The first-order valence-corrected chi connectivity index (χ1v) is 7.28. The van der Waals surface area contributed by atoms with Gasteiger partial charge in [-0.1, -0.05) is 18.3 Å². The summed E-state index contributed by atoms with van der Waals surface area (Å²) in [5.74, 6) is 0. The zero-order valence-corrected chi connectivity index (χ0v) is 12.4. The van der Waals surface area contributed by atoms with Crippen molar-refractivity contribution in [1.29, 1.82) is 0 Å². The molecule has 2 N–H and O–H groups in total. The molecular formula is C13H16N4S2. The second-order valence-corrected chi connectivity index (χ2v) is 5.63. The molecular weight excluding hydrogens is 276 g/mol. The van der Waals surface area contributed by atoms with Gasteiger partial charge in [0.2, 0.25) is 0 Å². The lowest BCUT2D eigenvalue weighted by atomic mass is 10.2. The van der Waals surface area contributed by atoms with Crippen LogP contribution in [0.3, 0.4) is 0 Å². The molecule has 0 atom stereocenters. The zero-order chi connectivity index (χ0) is 13.7. The minimum atomic E-state index is 0.532. The van der Waals surface area contributed by atoms with Crippen molar-refractivity contribution in [3.63, 3.8) is 0 Å². The Morgan fingerprint density at radius 3 is 2.95 bits per heavy atom. The Labute approximate surface area is 122 Å². The van der Waals surface area contributed by atoms with Gasteiger partial charge in [0.05, 0.1) is 10.7 Å². The van der Waals surface area contributed by atoms with Crippen molar-refractivity contribution < 1.29 is 0 Å². The summed E-state index contributed by atoms with van der Waals surface area (Å²) >= 11 is 6.59. The van der Waals surface area contributed by atoms with Gasteiger partial charge in [-0.05, 0) is 18.6 Å². The highest BCUT2D eigenvalue weighted by molar-refractivity contribution is 7.80. The number of anilines is 1. The molecule has 0 aliphatic rings. The third-order valence-corrected chi connectivity index (χ3v) is 3.83. The summed E-state index contributed by atoms with van der Waals surface area (Å²) < 4.78 is 0. The largest absolute Gasteiger partial charge is 0.393 e. The first-order valence-electron chi connectivity index (χ1n) is 5.99. The van der Waals surface area contributed by atoms with Gasteiger partial charge in [-0.25, -0.2) is 4.98 Å². The third kappa shape index (κ3) is 4.25. The molecule has 0 aliphatic carbocycles. The third-order valence-electron chi connectivity index (χ3n) is 2.60. The molecule has 0 amide bonds. The molecule has 0 aromatic carbocycles. The lowest BCUT2D eigenvalue weighted by Crippen LogP contribution is -2.27. The monoisotopic (exact) mass is 292 g/mol. The standard InChI is InChI=1S/C13H16N4S2/c1-10-9-19-13(16-10)17(6-4-12(14)18)8-11-3-2-5-15-7-11/h2-3,5,7,9H,4,6,8H2,1H3,(H2,14,18). The lowest BCUT2D eigenvalue weighted by Gasteiger charge is -2.21. The number of thiocarbonyl (C=S) groups is 1. The summed E-state index contributed by atoms with van der Waals surface area (Å²) in [6, 6.07) is 4.00. The molecule has 2 aromatic heterocycles. The van der Waals surface area contributed by atoms with Gasteiger partial charge in [-0.2, -0.15) is 0 Å². The molecule has 0 saturated carbocycles. The maximum Gasteiger partial charge on any atom is 0.185 e. The van der Waals surface area contributed by atoms with Crippen LogP contribution < -0.4 is 10.6 Å². The van der Waals surface area contributed by atoms with E-state index >= 15 is 0 Å². The molecule has 0 aliphatic heterocycles. The van der Waals surface area contributed by atoms with Gasteiger partial charge in [-0.3, -0.25) is 4.98 Å². The first kappa shape index (κ1) is 13.9. The molecule has 0 unspecified atom stereocenters. The summed E-state index contributed by atoms with van der Waals surface area (Å²) in [5, 5.41) is 3.05. The van der Waals surface area contributed by atoms with E-state index in [2.05, 4.69) is 20.9 Å². The molecule has 2 rings (SSSR count). The van der Waals surface area contributed by atoms with Crippen LogP contribution >= 0.6 is 23.6 Å². The molecule has 4 nitrogen and oxygen atoms in total. The lowest BCUT2D eigenvalue weighted by molar-refractivity contribution is 0.797. The van der Waals surface area contributed by atoms with Crippen molar-refractivity contribution in [2.24, 2.45) is 5.73 Å². The molecule has 0 bridgehead atoms. The predicted molar refractivity (Wildman–Crippen MR) is 83.5 cm³/mol. The fourth-order valence-corrected chi connectivity index (χ4v) is 2.61. The maximum absolute atomic E-state index is 5.59.